The van der Waals surface area contributed by atoms with Crippen LogP contribution in [0.3, 0.4) is 0 Å². The fraction of sp³-hybridized carbons (Fsp3) is 0.941. The third kappa shape index (κ3) is 16.9. The summed E-state index contributed by atoms with van der Waals surface area (Å²) in [6.07, 6.45) is 5.48. The highest BCUT2D eigenvalue weighted by Crippen LogP contribution is 2.38. The van der Waals surface area contributed by atoms with Gasteiger partial charge in [0, 0.05) is 6.42 Å². The number of carbonyl (C=O) groups excluding carboxylic acids is 1. The molecule has 0 fully saturated rings. The van der Waals surface area contributed by atoms with Gasteiger partial charge in [0.2, 0.25) is 0 Å². The summed E-state index contributed by atoms with van der Waals surface area (Å²) in [6.45, 7) is 1.83. The Balaban J connectivity index is 3.78. The Bertz CT molecular complexity index is 426. The van der Waals surface area contributed by atoms with Gasteiger partial charge in [0.15, 0.2) is 0 Å². The van der Waals surface area contributed by atoms with E-state index in [0.29, 0.717) is 17.4 Å². The molecule has 0 rings (SSSR count). The van der Waals surface area contributed by atoms with Crippen LogP contribution < -0.4 is 4.89 Å². The average Bonchev–Trinajstić information content (AvgIpc) is 2.53. The van der Waals surface area contributed by atoms with Gasteiger partial charge >= 0.3 is 5.97 Å². The second-order valence-electron chi connectivity index (χ2n) is 7.44. The molecule has 0 spiro atoms. The predicted octanol–water partition coefficient (Wildman–Crippen LogP) is 1.85. The summed E-state index contributed by atoms with van der Waals surface area (Å²) in [5.41, 5.74) is 0. The standard InChI is InChI=1S/C17H36NO7P/c1-5-6-7-8-9-10-11-17(20)23-14-16(19)15-25-26(21,22)24-13-12-18(2,3)4/h16,19H,5-15H2,1-4H3/t16-/m1/s1. The number of quaternary nitrogens is 1. The van der Waals surface area contributed by atoms with Crippen LogP contribution in [0.2, 0.25) is 0 Å². The molecule has 0 aromatic carbocycles. The number of likely N-dealkylation sites (N-methyl/N-ethyl adjacent to an activating group) is 1. The van der Waals surface area contributed by atoms with Crippen molar-refractivity contribution < 1.29 is 37.6 Å². The van der Waals surface area contributed by atoms with Crippen LogP contribution in [0.1, 0.15) is 51.9 Å². The first-order chi connectivity index (χ1) is 12.1. The first-order valence-corrected chi connectivity index (χ1v) is 10.8. The van der Waals surface area contributed by atoms with E-state index in [-0.39, 0.29) is 13.2 Å². The van der Waals surface area contributed by atoms with Crippen molar-refractivity contribution >= 4 is 13.8 Å². The zero-order valence-corrected chi connectivity index (χ0v) is 17.5. The summed E-state index contributed by atoms with van der Waals surface area (Å²) in [5, 5.41) is 9.66. The van der Waals surface area contributed by atoms with Gasteiger partial charge in [-0.2, -0.15) is 0 Å². The van der Waals surface area contributed by atoms with Gasteiger partial charge in [0.25, 0.3) is 7.82 Å². The topological polar surface area (TPSA) is 105 Å². The largest absolute Gasteiger partial charge is 0.756 e. The molecule has 26 heavy (non-hydrogen) atoms. The Morgan fingerprint density at radius 1 is 1.08 bits per heavy atom. The van der Waals surface area contributed by atoms with E-state index in [1.807, 2.05) is 21.1 Å². The summed E-state index contributed by atoms with van der Waals surface area (Å²) < 4.78 is 26.4. The summed E-state index contributed by atoms with van der Waals surface area (Å²) in [6, 6.07) is 0. The maximum atomic E-state index is 11.6. The van der Waals surface area contributed by atoms with Crippen LogP contribution in [0.5, 0.6) is 0 Å². The molecule has 156 valence electrons. The number of rotatable bonds is 16. The van der Waals surface area contributed by atoms with Gasteiger partial charge < -0.3 is 28.3 Å². The van der Waals surface area contributed by atoms with Crippen molar-refractivity contribution in [3.05, 3.63) is 0 Å². The summed E-state index contributed by atoms with van der Waals surface area (Å²) >= 11 is 0. The molecule has 8 nitrogen and oxygen atoms in total. The third-order valence-electron chi connectivity index (χ3n) is 3.61. The smallest absolute Gasteiger partial charge is 0.305 e. The Kier molecular flexibility index (Phi) is 13.4. The SMILES string of the molecule is CCCCCCCCC(=O)OC[C@@H](O)COP(=O)([O-])OCC[N+](C)(C)C. The molecule has 0 aliphatic carbocycles. The van der Waals surface area contributed by atoms with Crippen LogP contribution in [-0.2, 0) is 23.1 Å². The lowest BCUT2D eigenvalue weighted by atomic mass is 10.1. The molecule has 1 N–H and O–H groups in total. The molecule has 0 bridgehead atoms. The molecule has 0 aromatic rings. The number of phosphoric acid groups is 1. The third-order valence-corrected chi connectivity index (χ3v) is 4.57. The van der Waals surface area contributed by atoms with Gasteiger partial charge in [0.1, 0.15) is 25.9 Å². The number of aliphatic hydroxyl groups excluding tert-OH is 1. The minimum absolute atomic E-state index is 0.00633. The summed E-state index contributed by atoms with van der Waals surface area (Å²) in [7, 11) is 1.25. The number of nitrogens with zero attached hydrogens (tertiary/aromatic N) is 1. The number of unbranched alkanes of at least 4 members (excludes halogenated alkanes) is 5. The number of ether oxygens (including phenoxy) is 1. The molecule has 0 heterocycles. The molecule has 0 saturated carbocycles. The monoisotopic (exact) mass is 397 g/mol. The lowest BCUT2D eigenvalue weighted by molar-refractivity contribution is -0.870. The number of carbonyl (C=O) groups is 1. The molecule has 0 aromatic heterocycles. The van der Waals surface area contributed by atoms with Crippen molar-refractivity contribution in [3.63, 3.8) is 0 Å². The Morgan fingerprint density at radius 2 is 1.69 bits per heavy atom. The molecule has 0 radical (unpaired) electrons. The quantitative estimate of drug-likeness (QED) is 0.183. The molecule has 2 atom stereocenters. The van der Waals surface area contributed by atoms with E-state index in [0.717, 1.165) is 19.3 Å². The van der Waals surface area contributed by atoms with Crippen molar-refractivity contribution in [1.29, 1.82) is 0 Å². The first kappa shape index (κ1) is 25.5. The Hall–Kier alpha value is -0.500. The normalized spacial score (nSPS) is 15.5. The van der Waals surface area contributed by atoms with E-state index in [2.05, 4.69) is 11.4 Å². The van der Waals surface area contributed by atoms with Crippen LogP contribution in [-0.4, -0.2) is 69.2 Å². The lowest BCUT2D eigenvalue weighted by Gasteiger charge is -2.27. The van der Waals surface area contributed by atoms with Crippen LogP contribution >= 0.6 is 7.82 Å². The molecule has 9 heteroatoms. The lowest BCUT2D eigenvalue weighted by Crippen LogP contribution is -2.37. The molecule has 0 aliphatic heterocycles. The molecular formula is C17H36NO7P. The minimum Gasteiger partial charge on any atom is -0.756 e. The van der Waals surface area contributed by atoms with Crippen molar-refractivity contribution in [2.75, 3.05) is 47.5 Å². The van der Waals surface area contributed by atoms with Gasteiger partial charge in [-0.25, -0.2) is 0 Å². The molecule has 0 aliphatic rings. The molecular weight excluding hydrogens is 361 g/mol. The molecule has 1 unspecified atom stereocenters. The van der Waals surface area contributed by atoms with E-state index in [9.17, 15) is 19.4 Å². The van der Waals surface area contributed by atoms with Gasteiger partial charge in [-0.3, -0.25) is 9.36 Å². The van der Waals surface area contributed by atoms with Crippen molar-refractivity contribution in [3.8, 4) is 0 Å². The zero-order chi connectivity index (χ0) is 20.1. The second-order valence-corrected chi connectivity index (χ2v) is 8.86. The van der Waals surface area contributed by atoms with Crippen LogP contribution in [0, 0.1) is 0 Å². The van der Waals surface area contributed by atoms with E-state index in [4.69, 9.17) is 9.26 Å². The van der Waals surface area contributed by atoms with Crippen LogP contribution in [0.4, 0.5) is 0 Å². The predicted molar refractivity (Wildman–Crippen MR) is 97.4 cm³/mol. The number of phosphoric ester groups is 1. The fourth-order valence-electron chi connectivity index (χ4n) is 2.00. The van der Waals surface area contributed by atoms with E-state index < -0.39 is 26.5 Å². The van der Waals surface area contributed by atoms with Crippen LogP contribution in [0.15, 0.2) is 0 Å². The highest BCUT2D eigenvalue weighted by Gasteiger charge is 2.16. The number of hydrogen-bond acceptors (Lipinski definition) is 7. The number of aliphatic hydroxyl groups is 1. The molecule has 0 amide bonds. The van der Waals surface area contributed by atoms with Crippen molar-refractivity contribution in [1.82, 2.24) is 0 Å². The van der Waals surface area contributed by atoms with E-state index in [1.165, 1.54) is 19.3 Å². The van der Waals surface area contributed by atoms with Crippen molar-refractivity contribution in [2.45, 2.75) is 58.0 Å². The Morgan fingerprint density at radius 3 is 2.31 bits per heavy atom. The van der Waals surface area contributed by atoms with Gasteiger partial charge in [-0.1, -0.05) is 39.0 Å². The Labute approximate surface area is 157 Å². The minimum atomic E-state index is -4.47. The van der Waals surface area contributed by atoms with Crippen molar-refractivity contribution in [2.24, 2.45) is 0 Å². The van der Waals surface area contributed by atoms with Gasteiger partial charge in [-0.15, -0.1) is 0 Å². The second kappa shape index (κ2) is 13.6. The highest BCUT2D eigenvalue weighted by atomic mass is 31.2. The number of esters is 1. The summed E-state index contributed by atoms with van der Waals surface area (Å²) in [4.78, 5) is 23.1. The maximum Gasteiger partial charge on any atom is 0.305 e. The molecule has 0 saturated heterocycles. The van der Waals surface area contributed by atoms with Gasteiger partial charge in [0.05, 0.1) is 27.7 Å². The van der Waals surface area contributed by atoms with E-state index >= 15 is 0 Å². The first-order valence-electron chi connectivity index (χ1n) is 9.30. The van der Waals surface area contributed by atoms with E-state index in [1.54, 1.807) is 0 Å². The van der Waals surface area contributed by atoms with Gasteiger partial charge in [-0.05, 0) is 6.42 Å². The highest BCUT2D eigenvalue weighted by molar-refractivity contribution is 7.45. The summed E-state index contributed by atoms with van der Waals surface area (Å²) in [5.74, 6) is -0.399. The zero-order valence-electron chi connectivity index (χ0n) is 16.6. The number of hydrogen-bond donors (Lipinski definition) is 1. The average molecular weight is 397 g/mol. The maximum absolute atomic E-state index is 11.6. The fourth-order valence-corrected chi connectivity index (χ4v) is 2.73. The van der Waals surface area contributed by atoms with Crippen LogP contribution in [0.25, 0.3) is 0 Å².